The van der Waals surface area contributed by atoms with Crippen LogP contribution in [0.3, 0.4) is 0 Å². The monoisotopic (exact) mass is 348 g/mol. The molecule has 136 valence electrons. The number of likely N-dealkylation sites (tertiary alicyclic amines) is 1. The van der Waals surface area contributed by atoms with Gasteiger partial charge in [-0.05, 0) is 25.0 Å². The Hall–Kier alpha value is -2.57. The lowest BCUT2D eigenvalue weighted by atomic mass is 9.98. The molecular formula is C18H24N2O5. The van der Waals surface area contributed by atoms with Gasteiger partial charge < -0.3 is 20.1 Å². The molecule has 0 aromatic heterocycles. The molecule has 0 atom stereocenters. The van der Waals surface area contributed by atoms with E-state index in [0.29, 0.717) is 13.1 Å². The third kappa shape index (κ3) is 4.95. The van der Waals surface area contributed by atoms with E-state index in [4.69, 9.17) is 9.84 Å². The molecule has 1 aliphatic heterocycles. The number of ether oxygens (including phenoxy) is 1. The standard InChI is InChI=1S/C18H24N2O5/c1-12-4-5-15(13(2)10-12)11-16(22)19-18(25-17(23)24)6-8-20(9-7-18)14(3)21/h4-5,10H,6-9,11H2,1-3H3,(H,19,22)(H,23,24). The molecule has 1 aliphatic rings. The van der Waals surface area contributed by atoms with Crippen LogP contribution in [0, 0.1) is 13.8 Å². The summed E-state index contributed by atoms with van der Waals surface area (Å²) in [6, 6.07) is 5.83. The zero-order chi connectivity index (χ0) is 18.6. The summed E-state index contributed by atoms with van der Waals surface area (Å²) in [4.78, 5) is 36.6. The molecule has 2 rings (SSSR count). The second kappa shape index (κ2) is 7.55. The fraction of sp³-hybridized carbons (Fsp3) is 0.500. The minimum Gasteiger partial charge on any atom is -0.450 e. The van der Waals surface area contributed by atoms with Crippen LogP contribution in [0.4, 0.5) is 4.79 Å². The predicted molar refractivity (Wildman–Crippen MR) is 91.1 cm³/mol. The maximum absolute atomic E-state index is 12.5. The highest BCUT2D eigenvalue weighted by Gasteiger charge is 2.40. The average Bonchev–Trinajstić information content (AvgIpc) is 2.49. The Balaban J connectivity index is 2.07. The van der Waals surface area contributed by atoms with Crippen LogP contribution in [0.2, 0.25) is 0 Å². The Morgan fingerprint density at radius 3 is 2.40 bits per heavy atom. The highest BCUT2D eigenvalue weighted by atomic mass is 16.7. The van der Waals surface area contributed by atoms with E-state index in [1.54, 1.807) is 4.90 Å². The molecule has 1 heterocycles. The molecule has 0 saturated carbocycles. The summed E-state index contributed by atoms with van der Waals surface area (Å²) >= 11 is 0. The largest absolute Gasteiger partial charge is 0.507 e. The lowest BCUT2D eigenvalue weighted by Crippen LogP contribution is -2.58. The van der Waals surface area contributed by atoms with E-state index in [-0.39, 0.29) is 31.1 Å². The summed E-state index contributed by atoms with van der Waals surface area (Å²) in [6.07, 6.45) is -0.828. The van der Waals surface area contributed by atoms with Gasteiger partial charge in [0.05, 0.1) is 6.42 Å². The Morgan fingerprint density at radius 1 is 1.24 bits per heavy atom. The van der Waals surface area contributed by atoms with E-state index in [0.717, 1.165) is 16.7 Å². The fourth-order valence-electron chi connectivity index (χ4n) is 3.12. The summed E-state index contributed by atoms with van der Waals surface area (Å²) in [5.74, 6) is -0.380. The van der Waals surface area contributed by atoms with E-state index in [1.807, 2.05) is 32.0 Å². The van der Waals surface area contributed by atoms with Gasteiger partial charge in [0.1, 0.15) is 0 Å². The molecule has 1 aromatic rings. The number of rotatable bonds is 4. The first kappa shape index (κ1) is 18.8. The van der Waals surface area contributed by atoms with Crippen molar-refractivity contribution in [2.24, 2.45) is 0 Å². The van der Waals surface area contributed by atoms with Crippen molar-refractivity contribution in [3.63, 3.8) is 0 Å². The lowest BCUT2D eigenvalue weighted by Gasteiger charge is -2.40. The summed E-state index contributed by atoms with van der Waals surface area (Å²) in [5, 5.41) is 11.8. The van der Waals surface area contributed by atoms with Crippen LogP contribution >= 0.6 is 0 Å². The number of nitrogens with zero attached hydrogens (tertiary/aromatic N) is 1. The first-order chi connectivity index (χ1) is 11.7. The molecule has 1 saturated heterocycles. The summed E-state index contributed by atoms with van der Waals surface area (Å²) in [6.45, 7) is 6.06. The van der Waals surface area contributed by atoms with Gasteiger partial charge in [0.2, 0.25) is 11.8 Å². The van der Waals surface area contributed by atoms with E-state index in [1.165, 1.54) is 6.92 Å². The molecule has 0 aliphatic carbocycles. The number of hydrogen-bond acceptors (Lipinski definition) is 4. The number of aryl methyl sites for hydroxylation is 2. The van der Waals surface area contributed by atoms with Crippen molar-refractivity contribution in [2.45, 2.75) is 45.8 Å². The molecule has 2 N–H and O–H groups in total. The van der Waals surface area contributed by atoms with Crippen molar-refractivity contribution in [1.82, 2.24) is 10.2 Å². The number of nitrogens with one attached hydrogen (secondary N) is 1. The van der Waals surface area contributed by atoms with Crippen LogP contribution in [-0.4, -0.2) is 46.8 Å². The van der Waals surface area contributed by atoms with Crippen LogP contribution in [0.25, 0.3) is 0 Å². The van der Waals surface area contributed by atoms with Crippen LogP contribution in [-0.2, 0) is 20.7 Å². The quantitative estimate of drug-likeness (QED) is 0.641. The third-order valence-electron chi connectivity index (χ3n) is 4.52. The van der Waals surface area contributed by atoms with Crippen LogP contribution in [0.15, 0.2) is 18.2 Å². The average molecular weight is 348 g/mol. The zero-order valence-electron chi connectivity index (χ0n) is 14.8. The predicted octanol–water partition coefficient (Wildman–Crippen LogP) is 2.00. The summed E-state index contributed by atoms with van der Waals surface area (Å²) in [7, 11) is 0. The van der Waals surface area contributed by atoms with E-state index in [2.05, 4.69) is 5.32 Å². The van der Waals surface area contributed by atoms with Crippen molar-refractivity contribution in [3.8, 4) is 0 Å². The topological polar surface area (TPSA) is 95.9 Å². The van der Waals surface area contributed by atoms with E-state index < -0.39 is 11.9 Å². The van der Waals surface area contributed by atoms with Gasteiger partial charge in [0.15, 0.2) is 5.72 Å². The van der Waals surface area contributed by atoms with Crippen molar-refractivity contribution < 1.29 is 24.2 Å². The summed E-state index contributed by atoms with van der Waals surface area (Å²) < 4.78 is 5.01. The van der Waals surface area contributed by atoms with E-state index in [9.17, 15) is 14.4 Å². The van der Waals surface area contributed by atoms with Crippen LogP contribution in [0.1, 0.15) is 36.5 Å². The fourth-order valence-corrected chi connectivity index (χ4v) is 3.12. The highest BCUT2D eigenvalue weighted by Crippen LogP contribution is 2.25. The number of amides is 2. The van der Waals surface area contributed by atoms with Gasteiger partial charge >= 0.3 is 6.16 Å². The third-order valence-corrected chi connectivity index (χ3v) is 4.52. The van der Waals surface area contributed by atoms with Crippen molar-refractivity contribution >= 4 is 18.0 Å². The first-order valence-electron chi connectivity index (χ1n) is 8.25. The van der Waals surface area contributed by atoms with Crippen molar-refractivity contribution in [2.75, 3.05) is 13.1 Å². The van der Waals surface area contributed by atoms with Gasteiger partial charge in [-0.1, -0.05) is 23.8 Å². The molecule has 7 nitrogen and oxygen atoms in total. The van der Waals surface area contributed by atoms with Crippen LogP contribution in [0.5, 0.6) is 0 Å². The minimum atomic E-state index is -1.44. The Bertz CT molecular complexity index is 678. The Morgan fingerprint density at radius 2 is 1.88 bits per heavy atom. The Kier molecular flexibility index (Phi) is 5.66. The second-order valence-corrected chi connectivity index (χ2v) is 6.52. The maximum atomic E-state index is 12.5. The number of benzene rings is 1. The van der Waals surface area contributed by atoms with Gasteiger partial charge in [0.25, 0.3) is 0 Å². The van der Waals surface area contributed by atoms with Crippen molar-refractivity contribution in [3.05, 3.63) is 34.9 Å². The lowest BCUT2D eigenvalue weighted by molar-refractivity contribution is -0.140. The molecule has 25 heavy (non-hydrogen) atoms. The van der Waals surface area contributed by atoms with Gasteiger partial charge in [-0.2, -0.15) is 0 Å². The van der Waals surface area contributed by atoms with Gasteiger partial charge in [-0.15, -0.1) is 0 Å². The summed E-state index contributed by atoms with van der Waals surface area (Å²) in [5.41, 5.74) is 1.72. The SMILES string of the molecule is CC(=O)N1CCC(NC(=O)Cc2ccc(C)cc2C)(OC(=O)O)CC1. The van der Waals surface area contributed by atoms with Gasteiger partial charge in [0, 0.05) is 32.9 Å². The minimum absolute atomic E-state index is 0.0782. The molecule has 1 fully saturated rings. The molecule has 2 amide bonds. The van der Waals surface area contributed by atoms with Gasteiger partial charge in [-0.25, -0.2) is 4.79 Å². The van der Waals surface area contributed by atoms with E-state index >= 15 is 0 Å². The van der Waals surface area contributed by atoms with Crippen LogP contribution < -0.4 is 5.32 Å². The molecule has 0 radical (unpaired) electrons. The molecule has 1 aromatic carbocycles. The number of carboxylic acid groups (broad SMARTS) is 1. The zero-order valence-corrected chi connectivity index (χ0v) is 14.8. The van der Waals surface area contributed by atoms with Crippen molar-refractivity contribution in [1.29, 1.82) is 0 Å². The molecule has 7 heteroatoms. The van der Waals surface area contributed by atoms with Gasteiger partial charge in [-0.3, -0.25) is 9.59 Å². The first-order valence-corrected chi connectivity index (χ1v) is 8.25. The smallest absolute Gasteiger partial charge is 0.450 e. The molecule has 0 unspecified atom stereocenters. The number of carbonyl (C=O) groups excluding carboxylic acids is 2. The number of carbonyl (C=O) groups is 3. The molecular weight excluding hydrogens is 324 g/mol. The highest BCUT2D eigenvalue weighted by molar-refractivity contribution is 5.80. The Labute approximate surface area is 147 Å². The molecule has 0 bridgehead atoms. The number of piperidine rings is 1. The molecule has 0 spiro atoms. The maximum Gasteiger partial charge on any atom is 0.507 e. The second-order valence-electron chi connectivity index (χ2n) is 6.52. The number of hydrogen-bond donors (Lipinski definition) is 2. The normalized spacial score (nSPS) is 16.2.